The molecular formula is C26H27ClFN3O2S. The van der Waals surface area contributed by atoms with E-state index in [2.05, 4.69) is 17.2 Å². The molecule has 0 spiro atoms. The molecule has 0 radical (unpaired) electrons. The average Bonchev–Trinajstić information content (AvgIpc) is 3.35. The SMILES string of the molecule is CCCCC(=O)N1CCC(c2nc(C(=O)Nc3ccc(F)cc3-c3ccc(Cl)cc3)cs2)CC1. The highest BCUT2D eigenvalue weighted by molar-refractivity contribution is 7.10. The summed E-state index contributed by atoms with van der Waals surface area (Å²) in [6, 6.07) is 11.3. The van der Waals surface area contributed by atoms with E-state index in [9.17, 15) is 14.0 Å². The number of nitrogens with one attached hydrogen (secondary N) is 1. The minimum absolute atomic E-state index is 0.232. The number of carbonyl (C=O) groups is 2. The molecule has 0 unspecified atom stereocenters. The van der Waals surface area contributed by atoms with E-state index in [1.807, 2.05) is 4.90 Å². The normalized spacial score (nSPS) is 14.3. The lowest BCUT2D eigenvalue weighted by molar-refractivity contribution is -0.132. The number of aromatic nitrogens is 1. The van der Waals surface area contributed by atoms with Crippen LogP contribution in [-0.2, 0) is 4.79 Å². The van der Waals surface area contributed by atoms with Crippen LogP contribution in [-0.4, -0.2) is 34.8 Å². The van der Waals surface area contributed by atoms with Crippen molar-refractivity contribution in [3.8, 4) is 11.1 Å². The molecule has 0 atom stereocenters. The number of amides is 2. The number of benzene rings is 2. The smallest absolute Gasteiger partial charge is 0.275 e. The quantitative estimate of drug-likeness (QED) is 0.391. The van der Waals surface area contributed by atoms with Gasteiger partial charge in [0.15, 0.2) is 0 Å². The van der Waals surface area contributed by atoms with Gasteiger partial charge < -0.3 is 10.2 Å². The molecule has 2 aromatic carbocycles. The summed E-state index contributed by atoms with van der Waals surface area (Å²) in [5.74, 6) is -0.248. The lowest BCUT2D eigenvalue weighted by atomic mass is 9.97. The van der Waals surface area contributed by atoms with Crippen molar-refractivity contribution in [1.29, 1.82) is 0 Å². The molecule has 0 saturated carbocycles. The van der Waals surface area contributed by atoms with Crippen molar-refractivity contribution < 1.29 is 14.0 Å². The molecular weight excluding hydrogens is 473 g/mol. The van der Waals surface area contributed by atoms with Crippen molar-refractivity contribution in [2.24, 2.45) is 0 Å². The molecule has 34 heavy (non-hydrogen) atoms. The fourth-order valence-corrected chi connectivity index (χ4v) is 5.22. The number of thiazole rings is 1. The number of carbonyl (C=O) groups excluding carboxylic acids is 2. The van der Waals surface area contributed by atoms with Crippen molar-refractivity contribution in [3.05, 3.63) is 69.4 Å². The number of rotatable bonds is 7. The maximum atomic E-state index is 13.9. The van der Waals surface area contributed by atoms with Crippen LogP contribution >= 0.6 is 22.9 Å². The Morgan fingerprint density at radius 1 is 1.18 bits per heavy atom. The molecule has 3 aromatic rings. The zero-order valence-corrected chi connectivity index (χ0v) is 20.6. The number of likely N-dealkylation sites (tertiary alicyclic amines) is 1. The third-order valence-electron chi connectivity index (χ3n) is 6.08. The number of piperidine rings is 1. The van der Waals surface area contributed by atoms with Gasteiger partial charge in [0, 0.05) is 47.1 Å². The minimum Gasteiger partial charge on any atom is -0.343 e. The second-order valence-electron chi connectivity index (χ2n) is 8.48. The Morgan fingerprint density at radius 2 is 1.91 bits per heavy atom. The zero-order valence-electron chi connectivity index (χ0n) is 19.0. The van der Waals surface area contributed by atoms with Gasteiger partial charge in [-0.3, -0.25) is 9.59 Å². The highest BCUT2D eigenvalue weighted by Gasteiger charge is 2.26. The van der Waals surface area contributed by atoms with E-state index in [1.165, 1.54) is 23.5 Å². The van der Waals surface area contributed by atoms with Crippen molar-refractivity contribution in [3.63, 3.8) is 0 Å². The second kappa shape index (κ2) is 11.1. The molecule has 2 amide bonds. The number of halogens is 2. The average molecular weight is 500 g/mol. The first-order valence-electron chi connectivity index (χ1n) is 11.5. The van der Waals surface area contributed by atoms with E-state index in [1.54, 1.807) is 35.7 Å². The van der Waals surface area contributed by atoms with Crippen molar-refractivity contribution >= 4 is 40.4 Å². The summed E-state index contributed by atoms with van der Waals surface area (Å²) in [4.78, 5) is 31.7. The van der Waals surface area contributed by atoms with Crippen LogP contribution < -0.4 is 5.32 Å². The molecule has 0 bridgehead atoms. The lowest BCUT2D eigenvalue weighted by Gasteiger charge is -2.31. The number of nitrogens with zero attached hydrogens (tertiary/aromatic N) is 2. The molecule has 1 aliphatic rings. The monoisotopic (exact) mass is 499 g/mol. The minimum atomic E-state index is -0.390. The first-order valence-corrected chi connectivity index (χ1v) is 12.8. The van der Waals surface area contributed by atoms with Gasteiger partial charge in [0.1, 0.15) is 11.5 Å². The van der Waals surface area contributed by atoms with E-state index in [-0.39, 0.29) is 17.7 Å². The van der Waals surface area contributed by atoms with Gasteiger partial charge in [-0.05, 0) is 55.2 Å². The van der Waals surface area contributed by atoms with E-state index in [4.69, 9.17) is 11.6 Å². The summed E-state index contributed by atoms with van der Waals surface area (Å²) in [5, 5.41) is 6.14. The Hall–Kier alpha value is -2.77. The second-order valence-corrected chi connectivity index (χ2v) is 9.81. The van der Waals surface area contributed by atoms with Crippen LogP contribution in [0.15, 0.2) is 47.8 Å². The van der Waals surface area contributed by atoms with Crippen molar-refractivity contribution in [1.82, 2.24) is 9.88 Å². The maximum Gasteiger partial charge on any atom is 0.275 e. The number of hydrogen-bond donors (Lipinski definition) is 1. The Morgan fingerprint density at radius 3 is 2.62 bits per heavy atom. The van der Waals surface area contributed by atoms with Crippen LogP contribution in [0.25, 0.3) is 11.1 Å². The molecule has 1 saturated heterocycles. The summed E-state index contributed by atoms with van der Waals surface area (Å²) in [6.45, 7) is 3.55. The molecule has 4 rings (SSSR count). The summed E-state index contributed by atoms with van der Waals surface area (Å²) in [6.07, 6.45) is 4.27. The summed E-state index contributed by atoms with van der Waals surface area (Å²) < 4.78 is 13.9. The molecule has 5 nitrogen and oxygen atoms in total. The van der Waals surface area contributed by atoms with E-state index >= 15 is 0 Å². The standard InChI is InChI=1S/C26H27ClFN3O2S/c1-2-3-4-24(32)31-13-11-18(12-14-31)26-30-23(16-34-26)25(33)29-22-10-9-20(28)15-21(22)17-5-7-19(27)8-6-17/h5-10,15-16,18H,2-4,11-14H2,1H3,(H,29,33). The Bertz CT molecular complexity index is 1160. The van der Waals surface area contributed by atoms with Crippen LogP contribution in [0, 0.1) is 5.82 Å². The van der Waals surface area contributed by atoms with E-state index < -0.39 is 5.82 Å². The molecule has 2 heterocycles. The molecule has 1 aromatic heterocycles. The fourth-order valence-electron chi connectivity index (χ4n) is 4.12. The van der Waals surface area contributed by atoms with Gasteiger partial charge >= 0.3 is 0 Å². The van der Waals surface area contributed by atoms with Crippen molar-refractivity contribution in [2.75, 3.05) is 18.4 Å². The van der Waals surface area contributed by atoms with Gasteiger partial charge in [-0.2, -0.15) is 0 Å². The third kappa shape index (κ3) is 5.83. The van der Waals surface area contributed by atoms with Crippen LogP contribution in [0.1, 0.15) is 60.4 Å². The van der Waals surface area contributed by atoms with Crippen LogP contribution in [0.4, 0.5) is 10.1 Å². The van der Waals surface area contributed by atoms with Gasteiger partial charge in [-0.1, -0.05) is 37.1 Å². The summed E-state index contributed by atoms with van der Waals surface area (Å²) in [7, 11) is 0. The van der Waals surface area contributed by atoms with Crippen LogP contribution in [0.2, 0.25) is 5.02 Å². The molecule has 1 N–H and O–H groups in total. The zero-order chi connectivity index (χ0) is 24.1. The number of hydrogen-bond acceptors (Lipinski definition) is 4. The van der Waals surface area contributed by atoms with Gasteiger partial charge in [0.05, 0.1) is 5.01 Å². The summed E-state index contributed by atoms with van der Waals surface area (Å²) in [5.41, 5.74) is 2.16. The predicted molar refractivity (Wildman–Crippen MR) is 135 cm³/mol. The Balaban J connectivity index is 1.42. The van der Waals surface area contributed by atoms with Gasteiger partial charge in [-0.15, -0.1) is 11.3 Å². The molecule has 0 aliphatic carbocycles. The van der Waals surface area contributed by atoms with Gasteiger partial charge in [0.25, 0.3) is 5.91 Å². The maximum absolute atomic E-state index is 13.9. The topological polar surface area (TPSA) is 62.3 Å². The predicted octanol–water partition coefficient (Wildman–Crippen LogP) is 6.75. The highest BCUT2D eigenvalue weighted by atomic mass is 35.5. The number of unbranched alkanes of at least 4 members (excludes halogenated alkanes) is 1. The van der Waals surface area contributed by atoms with E-state index in [0.717, 1.165) is 49.3 Å². The van der Waals surface area contributed by atoms with Gasteiger partial charge in [0.2, 0.25) is 5.91 Å². The highest BCUT2D eigenvalue weighted by Crippen LogP contribution is 2.32. The van der Waals surface area contributed by atoms with Crippen LogP contribution in [0.3, 0.4) is 0 Å². The van der Waals surface area contributed by atoms with Crippen LogP contribution in [0.5, 0.6) is 0 Å². The Labute approximate surface area is 208 Å². The lowest BCUT2D eigenvalue weighted by Crippen LogP contribution is -2.37. The molecule has 1 fully saturated rings. The first-order chi connectivity index (χ1) is 16.4. The largest absolute Gasteiger partial charge is 0.343 e. The molecule has 1 aliphatic heterocycles. The Kier molecular flexibility index (Phi) is 7.95. The van der Waals surface area contributed by atoms with Gasteiger partial charge in [-0.25, -0.2) is 9.37 Å². The van der Waals surface area contributed by atoms with E-state index in [0.29, 0.717) is 28.4 Å². The molecule has 8 heteroatoms. The summed E-state index contributed by atoms with van der Waals surface area (Å²) >= 11 is 7.45. The van der Waals surface area contributed by atoms with Crippen molar-refractivity contribution in [2.45, 2.75) is 44.9 Å². The fraction of sp³-hybridized carbons (Fsp3) is 0.346. The molecule has 178 valence electrons. The number of anilines is 1. The first kappa shape index (κ1) is 24.4. The third-order valence-corrected chi connectivity index (χ3v) is 7.34.